The van der Waals surface area contributed by atoms with Crippen molar-refractivity contribution >= 4 is 9.84 Å². The summed E-state index contributed by atoms with van der Waals surface area (Å²) in [4.78, 5) is 0. The van der Waals surface area contributed by atoms with Gasteiger partial charge in [0.2, 0.25) is 0 Å². The zero-order valence-corrected chi connectivity index (χ0v) is 10.0. The van der Waals surface area contributed by atoms with Crippen LogP contribution < -0.4 is 0 Å². The molecule has 14 heavy (non-hydrogen) atoms. The third kappa shape index (κ3) is 7.33. The van der Waals surface area contributed by atoms with Gasteiger partial charge < -0.3 is 5.11 Å². The van der Waals surface area contributed by atoms with Gasteiger partial charge in [-0.1, -0.05) is 20.3 Å². The van der Waals surface area contributed by atoms with Crippen LogP contribution in [0.5, 0.6) is 0 Å². The summed E-state index contributed by atoms with van der Waals surface area (Å²) in [6, 6.07) is 0. The fourth-order valence-corrected chi connectivity index (χ4v) is 2.26. The SMILES string of the molecule is CCCC(O)CCCCS(=O)(=O)CC. The van der Waals surface area contributed by atoms with Gasteiger partial charge in [0.1, 0.15) is 9.84 Å². The van der Waals surface area contributed by atoms with Crippen molar-refractivity contribution < 1.29 is 13.5 Å². The largest absolute Gasteiger partial charge is 0.393 e. The lowest BCUT2D eigenvalue weighted by molar-refractivity contribution is 0.151. The van der Waals surface area contributed by atoms with Gasteiger partial charge in [-0.05, 0) is 25.7 Å². The van der Waals surface area contributed by atoms with Gasteiger partial charge in [0, 0.05) is 5.75 Å². The quantitative estimate of drug-likeness (QED) is 0.637. The monoisotopic (exact) mass is 222 g/mol. The van der Waals surface area contributed by atoms with Gasteiger partial charge >= 0.3 is 0 Å². The summed E-state index contributed by atoms with van der Waals surface area (Å²) in [5.74, 6) is 0.493. The highest BCUT2D eigenvalue weighted by atomic mass is 32.2. The maximum absolute atomic E-state index is 11.1. The summed E-state index contributed by atoms with van der Waals surface area (Å²) in [6.07, 6.45) is 3.77. The second-order valence-electron chi connectivity index (χ2n) is 3.67. The molecule has 1 atom stereocenters. The van der Waals surface area contributed by atoms with Crippen LogP contribution in [0.25, 0.3) is 0 Å². The predicted octanol–water partition coefficient (Wildman–Crippen LogP) is 1.75. The van der Waals surface area contributed by atoms with Crippen LogP contribution in [0.15, 0.2) is 0 Å². The number of aliphatic hydroxyl groups is 1. The van der Waals surface area contributed by atoms with Gasteiger partial charge in [-0.3, -0.25) is 0 Å². The molecule has 0 bridgehead atoms. The van der Waals surface area contributed by atoms with Crippen molar-refractivity contribution in [1.29, 1.82) is 0 Å². The molecule has 86 valence electrons. The lowest BCUT2D eigenvalue weighted by Crippen LogP contribution is -2.10. The maximum Gasteiger partial charge on any atom is 0.150 e. The van der Waals surface area contributed by atoms with Crippen LogP contribution in [0.1, 0.15) is 46.0 Å². The van der Waals surface area contributed by atoms with Gasteiger partial charge in [0.05, 0.1) is 11.9 Å². The van der Waals surface area contributed by atoms with Crippen LogP contribution in [0, 0.1) is 0 Å². The molecule has 0 aliphatic carbocycles. The maximum atomic E-state index is 11.1. The Morgan fingerprint density at radius 3 is 2.29 bits per heavy atom. The number of rotatable bonds is 8. The summed E-state index contributed by atoms with van der Waals surface area (Å²) < 4.78 is 22.2. The van der Waals surface area contributed by atoms with Crippen LogP contribution in [0.3, 0.4) is 0 Å². The van der Waals surface area contributed by atoms with E-state index in [1.807, 2.05) is 6.92 Å². The standard InChI is InChI=1S/C10H22O3S/c1-3-7-10(11)8-5-6-9-14(12,13)4-2/h10-11H,3-9H2,1-2H3. The topological polar surface area (TPSA) is 54.4 Å². The van der Waals surface area contributed by atoms with Crippen molar-refractivity contribution in [3.05, 3.63) is 0 Å². The van der Waals surface area contributed by atoms with Crippen LogP contribution in [-0.2, 0) is 9.84 Å². The average Bonchev–Trinajstić information content (AvgIpc) is 2.13. The summed E-state index contributed by atoms with van der Waals surface area (Å²) in [5, 5.41) is 9.39. The summed E-state index contributed by atoms with van der Waals surface area (Å²) in [6.45, 7) is 3.70. The van der Waals surface area contributed by atoms with Gasteiger partial charge in [0.15, 0.2) is 0 Å². The number of hydrogen-bond acceptors (Lipinski definition) is 3. The third-order valence-electron chi connectivity index (χ3n) is 2.30. The summed E-state index contributed by atoms with van der Waals surface area (Å²) >= 11 is 0. The first kappa shape index (κ1) is 13.9. The van der Waals surface area contributed by atoms with E-state index in [4.69, 9.17) is 0 Å². The number of hydrogen-bond donors (Lipinski definition) is 1. The summed E-state index contributed by atoms with van der Waals surface area (Å²) in [7, 11) is -2.81. The van der Waals surface area contributed by atoms with Crippen LogP contribution >= 0.6 is 0 Å². The molecule has 0 aliphatic heterocycles. The van der Waals surface area contributed by atoms with E-state index in [1.165, 1.54) is 0 Å². The predicted molar refractivity (Wildman–Crippen MR) is 59.1 cm³/mol. The molecule has 0 amide bonds. The zero-order valence-electron chi connectivity index (χ0n) is 9.20. The van der Waals surface area contributed by atoms with Gasteiger partial charge in [0.25, 0.3) is 0 Å². The molecule has 0 aromatic carbocycles. The second-order valence-corrected chi connectivity index (χ2v) is 6.15. The van der Waals surface area contributed by atoms with Crippen LogP contribution in [-0.4, -0.2) is 31.1 Å². The van der Waals surface area contributed by atoms with E-state index in [1.54, 1.807) is 6.92 Å². The third-order valence-corrected chi connectivity index (χ3v) is 4.09. The first-order chi connectivity index (χ1) is 6.52. The molecule has 0 saturated carbocycles. The highest BCUT2D eigenvalue weighted by molar-refractivity contribution is 7.91. The van der Waals surface area contributed by atoms with Crippen molar-refractivity contribution in [2.75, 3.05) is 11.5 Å². The Labute approximate surface area is 87.4 Å². The van der Waals surface area contributed by atoms with Crippen molar-refractivity contribution in [3.63, 3.8) is 0 Å². The van der Waals surface area contributed by atoms with E-state index < -0.39 is 9.84 Å². The van der Waals surface area contributed by atoms with Gasteiger partial charge in [-0.15, -0.1) is 0 Å². The summed E-state index contributed by atoms with van der Waals surface area (Å²) in [5.41, 5.74) is 0. The molecule has 0 radical (unpaired) electrons. The molecule has 0 spiro atoms. The molecular weight excluding hydrogens is 200 g/mol. The minimum absolute atomic E-state index is 0.227. The smallest absolute Gasteiger partial charge is 0.150 e. The van der Waals surface area contributed by atoms with Crippen molar-refractivity contribution in [3.8, 4) is 0 Å². The van der Waals surface area contributed by atoms with E-state index in [9.17, 15) is 13.5 Å². The van der Waals surface area contributed by atoms with Gasteiger partial charge in [-0.25, -0.2) is 8.42 Å². The highest BCUT2D eigenvalue weighted by Gasteiger charge is 2.07. The molecule has 1 N–H and O–H groups in total. The van der Waals surface area contributed by atoms with E-state index in [2.05, 4.69) is 0 Å². The van der Waals surface area contributed by atoms with Crippen LogP contribution in [0.2, 0.25) is 0 Å². The molecule has 0 saturated heterocycles. The minimum atomic E-state index is -2.81. The highest BCUT2D eigenvalue weighted by Crippen LogP contribution is 2.07. The number of unbranched alkanes of at least 4 members (excludes halogenated alkanes) is 1. The molecule has 4 heteroatoms. The van der Waals surface area contributed by atoms with Crippen LogP contribution in [0.4, 0.5) is 0 Å². The molecule has 0 aromatic heterocycles. The van der Waals surface area contributed by atoms with E-state index >= 15 is 0 Å². The lowest BCUT2D eigenvalue weighted by Gasteiger charge is -2.08. The minimum Gasteiger partial charge on any atom is -0.393 e. The molecule has 1 unspecified atom stereocenters. The fourth-order valence-electron chi connectivity index (χ4n) is 1.32. The Bertz CT molecular complexity index is 222. The molecular formula is C10H22O3S. The Kier molecular flexibility index (Phi) is 7.19. The molecule has 0 aromatic rings. The average molecular weight is 222 g/mol. The number of sulfone groups is 1. The Balaban J connectivity index is 3.47. The first-order valence-corrected chi connectivity index (χ1v) is 7.22. The lowest BCUT2D eigenvalue weighted by atomic mass is 10.1. The zero-order chi connectivity index (χ0) is 11.0. The first-order valence-electron chi connectivity index (χ1n) is 5.40. The number of aliphatic hydroxyl groups excluding tert-OH is 1. The molecule has 3 nitrogen and oxygen atoms in total. The van der Waals surface area contributed by atoms with Crippen molar-refractivity contribution in [1.82, 2.24) is 0 Å². The Hall–Kier alpha value is -0.0900. The van der Waals surface area contributed by atoms with Gasteiger partial charge in [-0.2, -0.15) is 0 Å². The van der Waals surface area contributed by atoms with Crippen molar-refractivity contribution in [2.24, 2.45) is 0 Å². The fraction of sp³-hybridized carbons (Fsp3) is 1.00. The Morgan fingerprint density at radius 1 is 1.14 bits per heavy atom. The molecule has 0 heterocycles. The molecule has 0 rings (SSSR count). The van der Waals surface area contributed by atoms with E-state index in [-0.39, 0.29) is 17.6 Å². The second kappa shape index (κ2) is 7.23. The van der Waals surface area contributed by atoms with E-state index in [0.29, 0.717) is 6.42 Å². The normalized spacial score (nSPS) is 14.2. The van der Waals surface area contributed by atoms with E-state index in [0.717, 1.165) is 25.7 Å². The molecule has 0 aliphatic rings. The Morgan fingerprint density at radius 2 is 1.79 bits per heavy atom. The molecule has 0 fully saturated rings. The van der Waals surface area contributed by atoms with Crippen molar-refractivity contribution in [2.45, 2.75) is 52.1 Å².